The molecule has 0 aromatic rings. The number of rotatable bonds is 5. The third-order valence-electron chi connectivity index (χ3n) is 2.44. The van der Waals surface area contributed by atoms with Gasteiger partial charge in [-0.15, -0.1) is 0 Å². The first kappa shape index (κ1) is 21.6. The van der Waals surface area contributed by atoms with Crippen LogP contribution >= 0.6 is 0 Å². The molecule has 20 heavy (non-hydrogen) atoms. The van der Waals surface area contributed by atoms with E-state index >= 15 is 0 Å². The van der Waals surface area contributed by atoms with Crippen LogP contribution in [0.1, 0.15) is 48.5 Å². The third kappa shape index (κ3) is 11.2. The van der Waals surface area contributed by atoms with E-state index < -0.39 is 5.41 Å². The minimum absolute atomic E-state index is 0.0266. The first-order valence-electron chi connectivity index (χ1n) is 6.81. The van der Waals surface area contributed by atoms with Crippen molar-refractivity contribution >= 4 is 5.97 Å². The number of esters is 1. The lowest BCUT2D eigenvalue weighted by Crippen LogP contribution is -2.32. The number of carbonyl (C=O) groups excluding carboxylic acids is 1. The maximum absolute atomic E-state index is 11.4. The maximum Gasteiger partial charge on any atom is 0.313 e. The molecule has 0 bridgehead atoms. The van der Waals surface area contributed by atoms with Crippen molar-refractivity contribution < 1.29 is 24.9 Å². The van der Waals surface area contributed by atoms with Crippen molar-refractivity contribution in [3.8, 4) is 0 Å². The SMILES string of the molecule is CC(C)(C)COC(=O)C(C)(C)CO.CC(C)(CO)CO. The molecule has 0 saturated carbocycles. The van der Waals surface area contributed by atoms with Crippen LogP contribution in [0.2, 0.25) is 0 Å². The van der Waals surface area contributed by atoms with Crippen LogP contribution in [0.5, 0.6) is 0 Å². The molecule has 3 N–H and O–H groups in total. The zero-order valence-corrected chi connectivity index (χ0v) is 14.0. The van der Waals surface area contributed by atoms with Crippen molar-refractivity contribution in [2.45, 2.75) is 48.5 Å². The summed E-state index contributed by atoms with van der Waals surface area (Å²) in [5, 5.41) is 25.8. The number of hydrogen-bond donors (Lipinski definition) is 3. The van der Waals surface area contributed by atoms with Gasteiger partial charge in [-0.2, -0.15) is 0 Å². The Morgan fingerprint density at radius 1 is 0.850 bits per heavy atom. The average Bonchev–Trinajstić information content (AvgIpc) is 2.35. The van der Waals surface area contributed by atoms with Crippen LogP contribution in [0.3, 0.4) is 0 Å². The van der Waals surface area contributed by atoms with Crippen LogP contribution in [0.15, 0.2) is 0 Å². The van der Waals surface area contributed by atoms with Gasteiger partial charge in [0.15, 0.2) is 0 Å². The lowest BCUT2D eigenvalue weighted by molar-refractivity contribution is -0.158. The fourth-order valence-electron chi connectivity index (χ4n) is 0.592. The quantitative estimate of drug-likeness (QED) is 0.670. The second-order valence-corrected chi connectivity index (χ2v) is 7.66. The van der Waals surface area contributed by atoms with Gasteiger partial charge in [0, 0.05) is 5.41 Å². The number of ether oxygens (including phenoxy) is 1. The molecule has 0 spiro atoms. The van der Waals surface area contributed by atoms with Gasteiger partial charge in [-0.05, 0) is 19.3 Å². The predicted molar refractivity (Wildman–Crippen MR) is 79.2 cm³/mol. The molecule has 0 aromatic carbocycles. The summed E-state index contributed by atoms with van der Waals surface area (Å²) in [6.45, 7) is 13.2. The molecule has 0 rings (SSSR count). The highest BCUT2D eigenvalue weighted by atomic mass is 16.5. The van der Waals surface area contributed by atoms with Crippen LogP contribution < -0.4 is 0 Å². The van der Waals surface area contributed by atoms with E-state index in [9.17, 15) is 4.79 Å². The Labute approximate surface area is 123 Å². The number of aliphatic hydroxyl groups is 3. The summed E-state index contributed by atoms with van der Waals surface area (Å²) in [4.78, 5) is 11.4. The van der Waals surface area contributed by atoms with E-state index in [-0.39, 0.29) is 36.6 Å². The molecule has 0 aliphatic heterocycles. The zero-order chi connectivity index (χ0) is 16.6. The Kier molecular flexibility index (Phi) is 9.30. The molecule has 0 aliphatic carbocycles. The largest absolute Gasteiger partial charge is 0.465 e. The summed E-state index contributed by atoms with van der Waals surface area (Å²) in [5.41, 5.74) is -1.12. The van der Waals surface area contributed by atoms with Crippen molar-refractivity contribution in [3.63, 3.8) is 0 Å². The van der Waals surface area contributed by atoms with E-state index in [1.807, 2.05) is 20.8 Å². The average molecular weight is 292 g/mol. The summed E-state index contributed by atoms with van der Waals surface area (Å²) in [6.07, 6.45) is 0. The summed E-state index contributed by atoms with van der Waals surface area (Å²) in [6, 6.07) is 0. The van der Waals surface area contributed by atoms with E-state index in [1.165, 1.54) is 0 Å². The van der Waals surface area contributed by atoms with E-state index in [0.717, 1.165) is 0 Å². The molecule has 0 fully saturated rings. The standard InChI is InChI=1S/C10H20O3.C5H12O2/c1-9(2,3)7-13-8(12)10(4,5)6-11;1-5(2,3-6)4-7/h11H,6-7H2,1-5H3;6-7H,3-4H2,1-2H3. The van der Waals surface area contributed by atoms with Crippen molar-refractivity contribution in [2.75, 3.05) is 26.4 Å². The smallest absolute Gasteiger partial charge is 0.313 e. The number of hydrogen-bond acceptors (Lipinski definition) is 5. The normalized spacial score (nSPS) is 12.5. The first-order valence-corrected chi connectivity index (χ1v) is 6.81. The topological polar surface area (TPSA) is 87.0 Å². The Hall–Kier alpha value is -0.650. The van der Waals surface area contributed by atoms with E-state index in [4.69, 9.17) is 20.1 Å². The minimum Gasteiger partial charge on any atom is -0.465 e. The fourth-order valence-corrected chi connectivity index (χ4v) is 0.592. The van der Waals surface area contributed by atoms with Crippen molar-refractivity contribution in [3.05, 3.63) is 0 Å². The molecule has 0 atom stereocenters. The van der Waals surface area contributed by atoms with Crippen LogP contribution in [-0.4, -0.2) is 47.7 Å². The predicted octanol–water partition coefficient (Wildman–Crippen LogP) is 1.59. The highest BCUT2D eigenvalue weighted by Gasteiger charge is 2.29. The van der Waals surface area contributed by atoms with Crippen LogP contribution in [-0.2, 0) is 9.53 Å². The second-order valence-electron chi connectivity index (χ2n) is 7.66. The van der Waals surface area contributed by atoms with Gasteiger partial charge in [0.25, 0.3) is 0 Å². The molecule has 0 heterocycles. The highest BCUT2D eigenvalue weighted by molar-refractivity contribution is 5.76. The second kappa shape index (κ2) is 8.60. The number of carbonyl (C=O) groups is 1. The van der Waals surface area contributed by atoms with Gasteiger partial charge in [-0.3, -0.25) is 4.79 Å². The van der Waals surface area contributed by atoms with Crippen LogP contribution in [0, 0.1) is 16.2 Å². The molecule has 5 nitrogen and oxygen atoms in total. The van der Waals surface area contributed by atoms with Gasteiger partial charge in [0.05, 0.1) is 31.8 Å². The summed E-state index contributed by atoms with van der Waals surface area (Å²) in [7, 11) is 0. The van der Waals surface area contributed by atoms with Gasteiger partial charge in [-0.25, -0.2) is 0 Å². The van der Waals surface area contributed by atoms with Crippen molar-refractivity contribution in [1.82, 2.24) is 0 Å². The molecule has 0 radical (unpaired) electrons. The molecular weight excluding hydrogens is 260 g/mol. The summed E-state index contributed by atoms with van der Waals surface area (Å²) in [5.74, 6) is -0.343. The lowest BCUT2D eigenvalue weighted by Gasteiger charge is -2.23. The number of aliphatic hydroxyl groups excluding tert-OH is 3. The fraction of sp³-hybridized carbons (Fsp3) is 0.933. The monoisotopic (exact) mass is 292 g/mol. The van der Waals surface area contributed by atoms with Gasteiger partial charge in [-0.1, -0.05) is 34.6 Å². The van der Waals surface area contributed by atoms with Gasteiger partial charge < -0.3 is 20.1 Å². The zero-order valence-electron chi connectivity index (χ0n) is 14.0. The van der Waals surface area contributed by atoms with E-state index in [2.05, 4.69) is 0 Å². The molecule has 0 aliphatic rings. The Morgan fingerprint density at radius 3 is 1.45 bits per heavy atom. The van der Waals surface area contributed by atoms with E-state index in [1.54, 1.807) is 27.7 Å². The Balaban J connectivity index is 0. The summed E-state index contributed by atoms with van der Waals surface area (Å²) < 4.78 is 5.06. The van der Waals surface area contributed by atoms with Gasteiger partial charge in [0.1, 0.15) is 0 Å². The molecule has 5 heteroatoms. The van der Waals surface area contributed by atoms with E-state index in [0.29, 0.717) is 6.61 Å². The first-order chi connectivity index (χ1) is 8.81. The van der Waals surface area contributed by atoms with Crippen LogP contribution in [0.4, 0.5) is 0 Å². The Morgan fingerprint density at radius 2 is 1.25 bits per heavy atom. The lowest BCUT2D eigenvalue weighted by atomic mass is 9.94. The third-order valence-corrected chi connectivity index (χ3v) is 2.44. The highest BCUT2D eigenvalue weighted by Crippen LogP contribution is 2.19. The minimum atomic E-state index is -0.786. The van der Waals surface area contributed by atoms with Crippen molar-refractivity contribution in [1.29, 1.82) is 0 Å². The van der Waals surface area contributed by atoms with Crippen molar-refractivity contribution in [2.24, 2.45) is 16.2 Å². The molecule has 0 aromatic heterocycles. The maximum atomic E-state index is 11.4. The molecule has 0 unspecified atom stereocenters. The molecular formula is C15H32O5. The molecule has 0 amide bonds. The van der Waals surface area contributed by atoms with Crippen LogP contribution in [0.25, 0.3) is 0 Å². The Bertz CT molecular complexity index is 270. The molecule has 122 valence electrons. The summed E-state index contributed by atoms with van der Waals surface area (Å²) >= 11 is 0. The van der Waals surface area contributed by atoms with Gasteiger partial charge >= 0.3 is 5.97 Å². The van der Waals surface area contributed by atoms with Gasteiger partial charge in [0.2, 0.25) is 0 Å². The molecule has 0 saturated heterocycles.